The topological polar surface area (TPSA) is 70.5 Å². The van der Waals surface area contributed by atoms with Gasteiger partial charge in [0.05, 0.1) is 17.8 Å². The summed E-state index contributed by atoms with van der Waals surface area (Å²) in [6, 6.07) is 21.5. The molecule has 0 aliphatic carbocycles. The fourth-order valence-electron chi connectivity index (χ4n) is 3.62. The lowest BCUT2D eigenvalue weighted by Gasteiger charge is -2.23. The lowest BCUT2D eigenvalue weighted by atomic mass is 10.00. The Labute approximate surface area is 183 Å². The Hall–Kier alpha value is -3.47. The fraction of sp³-hybridized carbons (Fsp3) is 0.269. The van der Waals surface area contributed by atoms with E-state index in [0.717, 1.165) is 34.4 Å². The number of amides is 1. The van der Waals surface area contributed by atoms with Crippen molar-refractivity contribution in [1.82, 2.24) is 9.88 Å². The van der Waals surface area contributed by atoms with E-state index in [1.54, 1.807) is 6.07 Å². The molecule has 2 aromatic carbocycles. The summed E-state index contributed by atoms with van der Waals surface area (Å²) in [6.07, 6.45) is 1.06. The molecule has 0 aliphatic heterocycles. The van der Waals surface area contributed by atoms with Crippen LogP contribution in [0.2, 0.25) is 0 Å². The molecule has 160 valence electrons. The molecule has 0 spiro atoms. The van der Waals surface area contributed by atoms with Crippen molar-refractivity contribution < 1.29 is 14.7 Å². The number of rotatable bonds is 9. The van der Waals surface area contributed by atoms with Crippen LogP contribution in [0, 0.1) is 6.92 Å². The van der Waals surface area contributed by atoms with Gasteiger partial charge in [-0.3, -0.25) is 14.6 Å². The maximum Gasteiger partial charge on any atom is 0.309 e. The van der Waals surface area contributed by atoms with Crippen LogP contribution in [0.5, 0.6) is 0 Å². The molecule has 0 radical (unpaired) electrons. The van der Waals surface area contributed by atoms with Crippen molar-refractivity contribution in [3.05, 3.63) is 89.1 Å². The van der Waals surface area contributed by atoms with Gasteiger partial charge in [0.1, 0.15) is 0 Å². The summed E-state index contributed by atoms with van der Waals surface area (Å²) in [6.45, 7) is 5.12. The second-order valence-electron chi connectivity index (χ2n) is 7.64. The summed E-state index contributed by atoms with van der Waals surface area (Å²) in [5, 5.41) is 9.08. The minimum atomic E-state index is -0.907. The second kappa shape index (κ2) is 10.5. The second-order valence-corrected chi connectivity index (χ2v) is 7.64. The number of aryl methyl sites for hydroxylation is 2. The Morgan fingerprint density at radius 3 is 2.48 bits per heavy atom. The molecule has 0 unspecified atom stereocenters. The summed E-state index contributed by atoms with van der Waals surface area (Å²) < 4.78 is 0. The van der Waals surface area contributed by atoms with E-state index >= 15 is 0 Å². The normalized spacial score (nSPS) is 10.6. The molecule has 1 heterocycles. The van der Waals surface area contributed by atoms with Crippen LogP contribution in [0.15, 0.2) is 66.7 Å². The molecule has 3 rings (SSSR count). The zero-order valence-corrected chi connectivity index (χ0v) is 18.0. The molecule has 1 N–H and O–H groups in total. The molecule has 3 aromatic rings. The number of carboxylic acids is 1. The van der Waals surface area contributed by atoms with E-state index in [0.29, 0.717) is 25.2 Å². The number of carbonyl (C=O) groups excluding carboxylic acids is 1. The van der Waals surface area contributed by atoms with Crippen LogP contribution in [-0.4, -0.2) is 33.4 Å². The smallest absolute Gasteiger partial charge is 0.309 e. The first-order valence-corrected chi connectivity index (χ1v) is 10.6. The SMILES string of the molecule is CCN(Cc1cc(C)ccc1-c1cccc(CC(=O)O)n1)C(=O)CCc1ccccc1. The Balaban J connectivity index is 1.80. The molecule has 0 atom stereocenters. The van der Waals surface area contributed by atoms with Crippen LogP contribution in [0.1, 0.15) is 35.7 Å². The average Bonchev–Trinajstić information content (AvgIpc) is 2.76. The Kier molecular flexibility index (Phi) is 7.55. The van der Waals surface area contributed by atoms with E-state index in [4.69, 9.17) is 5.11 Å². The van der Waals surface area contributed by atoms with Crippen molar-refractivity contribution in [3.63, 3.8) is 0 Å². The van der Waals surface area contributed by atoms with Crippen LogP contribution in [0.3, 0.4) is 0 Å². The largest absolute Gasteiger partial charge is 0.481 e. The Morgan fingerprint density at radius 2 is 1.77 bits per heavy atom. The van der Waals surface area contributed by atoms with Gasteiger partial charge >= 0.3 is 5.97 Å². The van der Waals surface area contributed by atoms with Gasteiger partial charge in [0.2, 0.25) is 5.91 Å². The molecule has 1 amide bonds. The van der Waals surface area contributed by atoms with Crippen LogP contribution in [0.4, 0.5) is 0 Å². The highest BCUT2D eigenvalue weighted by Gasteiger charge is 2.16. The number of carbonyl (C=O) groups is 2. The van der Waals surface area contributed by atoms with Crippen LogP contribution in [0.25, 0.3) is 11.3 Å². The summed E-state index contributed by atoms with van der Waals surface area (Å²) in [4.78, 5) is 30.4. The van der Waals surface area contributed by atoms with Crippen LogP contribution >= 0.6 is 0 Å². The third-order valence-electron chi connectivity index (χ3n) is 5.24. The summed E-state index contributed by atoms with van der Waals surface area (Å²) in [7, 11) is 0. The lowest BCUT2D eigenvalue weighted by Crippen LogP contribution is -2.30. The Morgan fingerprint density at radius 1 is 1.00 bits per heavy atom. The first-order valence-electron chi connectivity index (χ1n) is 10.6. The molecular formula is C26H28N2O3. The highest BCUT2D eigenvalue weighted by molar-refractivity contribution is 5.77. The maximum absolute atomic E-state index is 12.9. The van der Waals surface area contributed by atoms with Gasteiger partial charge < -0.3 is 10.0 Å². The number of hydrogen-bond acceptors (Lipinski definition) is 3. The quantitative estimate of drug-likeness (QED) is 0.550. The van der Waals surface area contributed by atoms with Crippen molar-refractivity contribution in [2.24, 2.45) is 0 Å². The Bertz CT molecular complexity index is 1050. The predicted octanol–water partition coefficient (Wildman–Crippen LogP) is 4.67. The number of pyridine rings is 1. The van der Waals surface area contributed by atoms with E-state index in [9.17, 15) is 9.59 Å². The number of aromatic nitrogens is 1. The maximum atomic E-state index is 12.9. The summed E-state index contributed by atoms with van der Waals surface area (Å²) in [5.41, 5.74) is 5.43. The molecule has 31 heavy (non-hydrogen) atoms. The summed E-state index contributed by atoms with van der Waals surface area (Å²) >= 11 is 0. The molecule has 0 bridgehead atoms. The van der Waals surface area contributed by atoms with Gasteiger partial charge in [0, 0.05) is 25.1 Å². The van der Waals surface area contributed by atoms with Gasteiger partial charge in [-0.2, -0.15) is 0 Å². The van der Waals surface area contributed by atoms with Crippen molar-refractivity contribution in [1.29, 1.82) is 0 Å². The molecule has 0 fully saturated rings. The first kappa shape index (κ1) is 22.2. The third-order valence-corrected chi connectivity index (χ3v) is 5.24. The molecular weight excluding hydrogens is 388 g/mol. The lowest BCUT2D eigenvalue weighted by molar-refractivity contribution is -0.136. The van der Waals surface area contributed by atoms with Crippen molar-refractivity contribution in [2.75, 3.05) is 6.54 Å². The molecule has 1 aromatic heterocycles. The highest BCUT2D eigenvalue weighted by Crippen LogP contribution is 2.25. The number of carboxylic acid groups (broad SMARTS) is 1. The zero-order valence-electron chi connectivity index (χ0n) is 18.0. The minimum Gasteiger partial charge on any atom is -0.481 e. The standard InChI is InChI=1S/C26H28N2O3/c1-3-28(25(29)15-13-20-8-5-4-6-9-20)18-21-16-19(2)12-14-23(21)24-11-7-10-22(27-24)17-26(30)31/h4-12,14,16H,3,13,15,17-18H2,1-2H3,(H,30,31). The average molecular weight is 417 g/mol. The number of benzene rings is 2. The van der Waals surface area contributed by atoms with Gasteiger partial charge in [0.15, 0.2) is 0 Å². The first-order chi connectivity index (χ1) is 15.0. The zero-order chi connectivity index (χ0) is 22.2. The number of nitrogens with zero attached hydrogens (tertiary/aromatic N) is 2. The van der Waals surface area contributed by atoms with Crippen molar-refractivity contribution in [3.8, 4) is 11.3 Å². The van der Waals surface area contributed by atoms with Gasteiger partial charge in [-0.1, -0.05) is 60.2 Å². The number of hydrogen-bond donors (Lipinski definition) is 1. The highest BCUT2D eigenvalue weighted by atomic mass is 16.4. The van der Waals surface area contributed by atoms with E-state index in [-0.39, 0.29) is 12.3 Å². The van der Waals surface area contributed by atoms with Crippen molar-refractivity contribution in [2.45, 2.75) is 39.7 Å². The van der Waals surface area contributed by atoms with Gasteiger partial charge in [-0.15, -0.1) is 0 Å². The third kappa shape index (κ3) is 6.25. The molecule has 5 heteroatoms. The van der Waals surface area contributed by atoms with Gasteiger partial charge in [-0.25, -0.2) is 0 Å². The molecule has 0 saturated heterocycles. The summed E-state index contributed by atoms with van der Waals surface area (Å²) in [5.74, 6) is -0.790. The molecule has 0 saturated carbocycles. The monoisotopic (exact) mass is 416 g/mol. The van der Waals surface area contributed by atoms with Crippen molar-refractivity contribution >= 4 is 11.9 Å². The van der Waals surface area contributed by atoms with Gasteiger partial charge in [-0.05, 0) is 43.5 Å². The minimum absolute atomic E-state index is 0.117. The van der Waals surface area contributed by atoms with Gasteiger partial charge in [0.25, 0.3) is 0 Å². The van der Waals surface area contributed by atoms with E-state index in [1.807, 2.05) is 73.3 Å². The predicted molar refractivity (Wildman–Crippen MR) is 122 cm³/mol. The molecule has 5 nitrogen and oxygen atoms in total. The number of aliphatic carboxylic acids is 1. The molecule has 0 aliphatic rings. The fourth-order valence-corrected chi connectivity index (χ4v) is 3.62. The van der Waals surface area contributed by atoms with Crippen LogP contribution < -0.4 is 0 Å². The van der Waals surface area contributed by atoms with E-state index in [2.05, 4.69) is 11.1 Å². The van der Waals surface area contributed by atoms with Crippen LogP contribution in [-0.2, 0) is 29.0 Å². The van der Waals surface area contributed by atoms with E-state index < -0.39 is 5.97 Å². The van der Waals surface area contributed by atoms with E-state index in [1.165, 1.54) is 0 Å².